The minimum absolute atomic E-state index is 0.00561. The number of aromatic nitrogens is 2. The summed E-state index contributed by atoms with van der Waals surface area (Å²) in [6.45, 7) is 0.836. The van der Waals surface area contributed by atoms with Gasteiger partial charge in [-0.1, -0.05) is 0 Å². The fourth-order valence-corrected chi connectivity index (χ4v) is 3.92. The van der Waals surface area contributed by atoms with Crippen LogP contribution in [0.3, 0.4) is 0 Å². The molecule has 3 heterocycles. The van der Waals surface area contributed by atoms with Gasteiger partial charge in [0.2, 0.25) is 0 Å². The fraction of sp³-hybridized carbons (Fsp3) is 0.385. The third kappa shape index (κ3) is 3.39. The van der Waals surface area contributed by atoms with Crippen molar-refractivity contribution in [3.05, 3.63) is 40.5 Å². The van der Waals surface area contributed by atoms with E-state index < -0.39 is 26.7 Å². The molecule has 1 fully saturated rings. The zero-order valence-corrected chi connectivity index (χ0v) is 13.8. The summed E-state index contributed by atoms with van der Waals surface area (Å²) in [6.07, 6.45) is 2.94. The Balaban J connectivity index is 1.71. The highest BCUT2D eigenvalue weighted by Crippen LogP contribution is 2.19. The van der Waals surface area contributed by atoms with Crippen LogP contribution in [0.25, 0.3) is 0 Å². The number of hydrogen-bond acceptors (Lipinski definition) is 7. The maximum absolute atomic E-state index is 12.5. The van der Waals surface area contributed by atoms with Gasteiger partial charge >= 0.3 is 5.88 Å². The Hall–Kier alpha value is -2.73. The smallest absolute Gasteiger partial charge is 0.395 e. The van der Waals surface area contributed by atoms with Crippen LogP contribution < -0.4 is 0 Å². The van der Waals surface area contributed by atoms with Crippen molar-refractivity contribution >= 4 is 21.8 Å². The van der Waals surface area contributed by atoms with E-state index in [1.165, 1.54) is 27.8 Å². The first-order valence-electron chi connectivity index (χ1n) is 7.41. The quantitative estimate of drug-likeness (QED) is 0.608. The molecule has 0 saturated carbocycles. The molecule has 1 aliphatic rings. The lowest BCUT2D eigenvalue weighted by atomic mass is 10.3. The van der Waals surface area contributed by atoms with Gasteiger partial charge in [-0.3, -0.25) is 14.9 Å². The van der Waals surface area contributed by atoms with Gasteiger partial charge in [-0.25, -0.2) is 13.4 Å². The van der Waals surface area contributed by atoms with Crippen LogP contribution in [-0.2, 0) is 10.0 Å². The molecular formula is C13H15N5O6S. The SMILES string of the molecule is O=C(c1ccc([N+](=O)[O-])o1)N1CCCN(S(=O)(=O)c2cnc[nH]2)CC1. The topological polar surface area (TPSA) is 143 Å². The molecule has 2 aromatic heterocycles. The number of carbonyl (C=O) groups is 1. The highest BCUT2D eigenvalue weighted by molar-refractivity contribution is 7.89. The molecule has 0 unspecified atom stereocenters. The average Bonchev–Trinajstić information content (AvgIpc) is 3.22. The van der Waals surface area contributed by atoms with Gasteiger partial charge in [-0.05, 0) is 12.5 Å². The second-order valence-electron chi connectivity index (χ2n) is 5.36. The zero-order valence-electron chi connectivity index (χ0n) is 13.0. The Morgan fingerprint density at radius 3 is 2.72 bits per heavy atom. The third-order valence-electron chi connectivity index (χ3n) is 3.82. The molecule has 1 N–H and O–H groups in total. The molecule has 2 aromatic rings. The summed E-state index contributed by atoms with van der Waals surface area (Å²) >= 11 is 0. The summed E-state index contributed by atoms with van der Waals surface area (Å²) < 4.78 is 31.2. The number of amides is 1. The minimum Gasteiger partial charge on any atom is -0.395 e. The van der Waals surface area contributed by atoms with Gasteiger partial charge in [0.05, 0.1) is 18.6 Å². The Bertz CT molecular complexity index is 875. The lowest BCUT2D eigenvalue weighted by Gasteiger charge is -2.20. The Morgan fingerprint density at radius 2 is 2.08 bits per heavy atom. The maximum atomic E-state index is 12.5. The Labute approximate surface area is 142 Å². The summed E-state index contributed by atoms with van der Waals surface area (Å²) in [4.78, 5) is 30.0. The van der Waals surface area contributed by atoms with E-state index in [9.17, 15) is 23.3 Å². The van der Waals surface area contributed by atoms with E-state index in [1.807, 2.05) is 0 Å². The maximum Gasteiger partial charge on any atom is 0.433 e. The van der Waals surface area contributed by atoms with E-state index in [-0.39, 0.29) is 30.4 Å². The number of nitro groups is 1. The molecule has 0 aromatic carbocycles. The first-order valence-corrected chi connectivity index (χ1v) is 8.85. The second kappa shape index (κ2) is 6.64. The number of aromatic amines is 1. The number of H-pyrrole nitrogens is 1. The second-order valence-corrected chi connectivity index (χ2v) is 7.27. The molecule has 1 amide bonds. The van der Waals surface area contributed by atoms with Crippen molar-refractivity contribution in [2.45, 2.75) is 11.4 Å². The fourth-order valence-electron chi connectivity index (χ4n) is 2.56. The standard InChI is InChI=1S/C13H15N5O6S/c19-13(10-2-3-12(24-10)18(20)21)16-4-1-5-17(7-6-16)25(22,23)11-8-14-9-15-11/h2-3,8-9H,1,4-7H2,(H,14,15). The van der Waals surface area contributed by atoms with Crippen molar-refractivity contribution in [2.24, 2.45) is 0 Å². The number of sulfonamides is 1. The van der Waals surface area contributed by atoms with Crippen molar-refractivity contribution in [3.8, 4) is 0 Å². The van der Waals surface area contributed by atoms with Crippen LogP contribution >= 0.6 is 0 Å². The summed E-state index contributed by atoms with van der Waals surface area (Å²) in [5, 5.41) is 10.6. The van der Waals surface area contributed by atoms with Crippen molar-refractivity contribution in [2.75, 3.05) is 26.2 Å². The molecule has 134 valence electrons. The molecule has 3 rings (SSSR count). The highest BCUT2D eigenvalue weighted by Gasteiger charge is 2.30. The number of rotatable bonds is 4. The Morgan fingerprint density at radius 1 is 1.28 bits per heavy atom. The predicted octanol–water partition coefficient (Wildman–Crippen LogP) is 0.448. The van der Waals surface area contributed by atoms with Gasteiger partial charge < -0.3 is 14.3 Å². The van der Waals surface area contributed by atoms with Gasteiger partial charge in [-0.2, -0.15) is 4.31 Å². The minimum atomic E-state index is -3.70. The molecule has 25 heavy (non-hydrogen) atoms. The van der Waals surface area contributed by atoms with Crippen molar-refractivity contribution in [3.63, 3.8) is 0 Å². The zero-order chi connectivity index (χ0) is 18.0. The summed E-state index contributed by atoms with van der Waals surface area (Å²) in [6, 6.07) is 2.35. The summed E-state index contributed by atoms with van der Waals surface area (Å²) in [5.74, 6) is -1.16. The van der Waals surface area contributed by atoms with E-state index in [1.54, 1.807) is 0 Å². The lowest BCUT2D eigenvalue weighted by Crippen LogP contribution is -2.37. The number of carbonyl (C=O) groups excluding carboxylic acids is 1. The number of imidazole rings is 1. The van der Waals surface area contributed by atoms with Crippen LogP contribution in [-0.4, -0.2) is 64.6 Å². The van der Waals surface area contributed by atoms with E-state index in [0.717, 1.165) is 6.07 Å². The summed E-state index contributed by atoms with van der Waals surface area (Å²) in [5.41, 5.74) is 0. The monoisotopic (exact) mass is 369 g/mol. The normalized spacial score (nSPS) is 16.6. The average molecular weight is 369 g/mol. The van der Waals surface area contributed by atoms with Gasteiger partial charge in [0.1, 0.15) is 4.92 Å². The molecule has 1 saturated heterocycles. The third-order valence-corrected chi connectivity index (χ3v) is 5.64. The van der Waals surface area contributed by atoms with E-state index in [2.05, 4.69) is 9.97 Å². The van der Waals surface area contributed by atoms with E-state index in [0.29, 0.717) is 13.0 Å². The van der Waals surface area contributed by atoms with E-state index in [4.69, 9.17) is 4.42 Å². The van der Waals surface area contributed by atoms with Crippen molar-refractivity contribution in [1.29, 1.82) is 0 Å². The molecule has 0 bridgehead atoms. The largest absolute Gasteiger partial charge is 0.433 e. The van der Waals surface area contributed by atoms with Gasteiger partial charge in [0, 0.05) is 26.2 Å². The van der Waals surface area contributed by atoms with Gasteiger partial charge in [0.15, 0.2) is 10.8 Å². The first kappa shape index (κ1) is 17.1. The molecule has 1 aliphatic heterocycles. The molecule has 11 nitrogen and oxygen atoms in total. The Kier molecular flexibility index (Phi) is 4.55. The van der Waals surface area contributed by atoms with Crippen LogP contribution in [0.2, 0.25) is 0 Å². The molecule has 0 radical (unpaired) electrons. The van der Waals surface area contributed by atoms with Crippen LogP contribution in [0.5, 0.6) is 0 Å². The first-order chi connectivity index (χ1) is 11.9. The molecule has 0 spiro atoms. The molecule has 0 aliphatic carbocycles. The van der Waals surface area contributed by atoms with Crippen molar-refractivity contribution in [1.82, 2.24) is 19.2 Å². The van der Waals surface area contributed by atoms with Crippen LogP contribution in [0.4, 0.5) is 5.88 Å². The van der Waals surface area contributed by atoms with Crippen LogP contribution in [0.1, 0.15) is 17.0 Å². The lowest BCUT2D eigenvalue weighted by molar-refractivity contribution is -0.402. The molecule has 0 atom stereocenters. The number of nitrogens with zero attached hydrogens (tertiary/aromatic N) is 4. The number of furan rings is 1. The highest BCUT2D eigenvalue weighted by atomic mass is 32.2. The molecular weight excluding hydrogens is 354 g/mol. The van der Waals surface area contributed by atoms with Gasteiger partial charge in [0.25, 0.3) is 15.9 Å². The van der Waals surface area contributed by atoms with Crippen molar-refractivity contribution < 1.29 is 22.6 Å². The number of hydrogen-bond donors (Lipinski definition) is 1. The molecule has 12 heteroatoms. The predicted molar refractivity (Wildman–Crippen MR) is 83.2 cm³/mol. The van der Waals surface area contributed by atoms with E-state index >= 15 is 0 Å². The van der Waals surface area contributed by atoms with Gasteiger partial charge in [-0.15, -0.1) is 0 Å². The van der Waals surface area contributed by atoms with Crippen LogP contribution in [0, 0.1) is 10.1 Å². The number of nitrogens with one attached hydrogen (secondary N) is 1. The van der Waals surface area contributed by atoms with Crippen LogP contribution in [0.15, 0.2) is 34.1 Å². The summed E-state index contributed by atoms with van der Waals surface area (Å²) in [7, 11) is -3.70.